The van der Waals surface area contributed by atoms with Gasteiger partial charge in [-0.15, -0.1) is 0 Å². The first-order chi connectivity index (χ1) is 8.68. The highest BCUT2D eigenvalue weighted by Crippen LogP contribution is 2.33. The smallest absolute Gasteiger partial charge is 0.197 e. The average Bonchev–Trinajstić information content (AvgIpc) is 2.69. The number of hydrogen-bond acceptors (Lipinski definition) is 3. The number of hydrogen-bond donors (Lipinski definition) is 2. The average molecular weight is 261 g/mol. The van der Waals surface area contributed by atoms with Crippen molar-refractivity contribution < 1.29 is 10.2 Å². The van der Waals surface area contributed by atoms with Crippen molar-refractivity contribution >= 4 is 17.1 Å². The lowest BCUT2D eigenvalue weighted by molar-refractivity contribution is 0.446. The van der Waals surface area contributed by atoms with Gasteiger partial charge < -0.3 is 10.2 Å². The van der Waals surface area contributed by atoms with E-state index < -0.39 is 0 Å². The van der Waals surface area contributed by atoms with E-state index in [0.29, 0.717) is 16.9 Å². The van der Waals surface area contributed by atoms with Crippen molar-refractivity contribution in [2.24, 2.45) is 0 Å². The summed E-state index contributed by atoms with van der Waals surface area (Å²) in [6.45, 7) is 0. The fourth-order valence-corrected chi connectivity index (χ4v) is 2.15. The zero-order valence-electron chi connectivity index (χ0n) is 9.21. The number of aromatic nitrogens is 2. The Morgan fingerprint density at radius 1 is 1.00 bits per heavy atom. The van der Waals surface area contributed by atoms with Gasteiger partial charge in [-0.2, -0.15) is 0 Å². The Bertz CT molecular complexity index is 737. The summed E-state index contributed by atoms with van der Waals surface area (Å²) < 4.78 is 1.50. The molecule has 0 bridgehead atoms. The Balaban J connectivity index is 2.41. The van der Waals surface area contributed by atoms with Gasteiger partial charge in [0.25, 0.3) is 0 Å². The zero-order valence-corrected chi connectivity index (χ0v) is 9.96. The monoisotopic (exact) mass is 260 g/mol. The van der Waals surface area contributed by atoms with Gasteiger partial charge in [-0.25, -0.2) is 4.98 Å². The normalized spacial score (nSPS) is 10.9. The van der Waals surface area contributed by atoms with Crippen LogP contribution in [0.2, 0.25) is 5.15 Å². The number of para-hydroxylation sites is 1. The van der Waals surface area contributed by atoms with Crippen LogP contribution in [0.15, 0.2) is 42.5 Å². The summed E-state index contributed by atoms with van der Waals surface area (Å²) in [6, 6.07) is 11.7. The Hall–Kier alpha value is -2.20. The Morgan fingerprint density at radius 2 is 1.78 bits per heavy atom. The van der Waals surface area contributed by atoms with Gasteiger partial charge in [-0.3, -0.25) is 4.40 Å². The molecular formula is C13H9ClN2O2. The number of fused-ring (bicyclic) bond motifs is 1. The molecule has 0 saturated carbocycles. The molecule has 0 fully saturated rings. The van der Waals surface area contributed by atoms with Crippen molar-refractivity contribution in [1.82, 2.24) is 9.38 Å². The van der Waals surface area contributed by atoms with E-state index in [-0.39, 0.29) is 16.8 Å². The summed E-state index contributed by atoms with van der Waals surface area (Å²) >= 11 is 6.03. The van der Waals surface area contributed by atoms with E-state index in [2.05, 4.69) is 4.98 Å². The molecule has 0 saturated heterocycles. The Labute approximate surface area is 108 Å². The highest BCUT2D eigenvalue weighted by molar-refractivity contribution is 6.33. The van der Waals surface area contributed by atoms with Gasteiger partial charge >= 0.3 is 0 Å². The molecule has 0 spiro atoms. The molecule has 2 heterocycles. The topological polar surface area (TPSA) is 57.8 Å². The molecule has 0 aliphatic heterocycles. The number of phenolic OH excluding ortho intramolecular Hbond substituents is 1. The summed E-state index contributed by atoms with van der Waals surface area (Å²) in [5.41, 5.74) is 1.11. The molecule has 0 aliphatic carbocycles. The molecule has 2 N–H and O–H groups in total. The second-order valence-corrected chi connectivity index (χ2v) is 4.21. The molecule has 0 unspecified atom stereocenters. The van der Waals surface area contributed by atoms with Crippen LogP contribution in [0.3, 0.4) is 0 Å². The van der Waals surface area contributed by atoms with Crippen molar-refractivity contribution in [2.75, 3.05) is 0 Å². The molecule has 1 aromatic carbocycles. The number of benzene rings is 1. The van der Waals surface area contributed by atoms with Crippen molar-refractivity contribution in [2.45, 2.75) is 0 Å². The maximum absolute atomic E-state index is 9.90. The molecule has 0 atom stereocenters. The van der Waals surface area contributed by atoms with Crippen LogP contribution < -0.4 is 0 Å². The third-order valence-electron chi connectivity index (χ3n) is 2.74. The van der Waals surface area contributed by atoms with E-state index in [9.17, 15) is 10.2 Å². The molecule has 5 heteroatoms. The fraction of sp³-hybridized carbons (Fsp3) is 0. The van der Waals surface area contributed by atoms with E-state index in [1.807, 2.05) is 0 Å². The Kier molecular flexibility index (Phi) is 2.38. The van der Waals surface area contributed by atoms with Crippen molar-refractivity contribution in [3.63, 3.8) is 0 Å². The first-order valence-corrected chi connectivity index (χ1v) is 5.70. The minimum atomic E-state index is 0.0187. The summed E-state index contributed by atoms with van der Waals surface area (Å²) in [6.07, 6.45) is 0. The molecule has 0 amide bonds. The van der Waals surface area contributed by atoms with Gasteiger partial charge in [0.1, 0.15) is 5.75 Å². The van der Waals surface area contributed by atoms with Crippen molar-refractivity contribution in [1.29, 1.82) is 0 Å². The SMILES string of the molecule is Oc1ccccc1-c1nc(Cl)c2cccc(O)n12. The minimum absolute atomic E-state index is 0.0187. The summed E-state index contributed by atoms with van der Waals surface area (Å²) in [7, 11) is 0. The summed E-state index contributed by atoms with van der Waals surface area (Å²) in [4.78, 5) is 4.19. The zero-order chi connectivity index (χ0) is 12.7. The molecular weight excluding hydrogens is 252 g/mol. The second-order valence-electron chi connectivity index (χ2n) is 3.85. The van der Waals surface area contributed by atoms with Crippen LogP contribution in [-0.4, -0.2) is 19.6 Å². The number of pyridine rings is 1. The van der Waals surface area contributed by atoms with Crippen molar-refractivity contribution in [3.05, 3.63) is 47.6 Å². The molecule has 2 aromatic heterocycles. The van der Waals surface area contributed by atoms with E-state index in [4.69, 9.17) is 11.6 Å². The second kappa shape index (κ2) is 3.92. The van der Waals surface area contributed by atoms with Gasteiger partial charge in [-0.1, -0.05) is 29.8 Å². The first kappa shape index (κ1) is 10.9. The van der Waals surface area contributed by atoms with E-state index in [1.54, 1.807) is 36.4 Å². The summed E-state index contributed by atoms with van der Waals surface area (Å²) in [5, 5.41) is 20.0. The number of nitrogens with zero attached hydrogens (tertiary/aromatic N) is 2. The van der Waals surface area contributed by atoms with Crippen LogP contribution >= 0.6 is 11.6 Å². The molecule has 3 rings (SSSR count). The van der Waals surface area contributed by atoms with Crippen molar-refractivity contribution in [3.8, 4) is 23.0 Å². The van der Waals surface area contributed by atoms with Gasteiger partial charge in [0.15, 0.2) is 16.9 Å². The highest BCUT2D eigenvalue weighted by atomic mass is 35.5. The lowest BCUT2D eigenvalue weighted by Gasteiger charge is -2.05. The maximum Gasteiger partial charge on any atom is 0.197 e. The lowest BCUT2D eigenvalue weighted by Crippen LogP contribution is -1.90. The van der Waals surface area contributed by atoms with Gasteiger partial charge in [-0.05, 0) is 24.3 Å². The van der Waals surface area contributed by atoms with Crippen LogP contribution in [0, 0.1) is 0 Å². The third kappa shape index (κ3) is 1.50. The predicted molar refractivity (Wildman–Crippen MR) is 69.0 cm³/mol. The maximum atomic E-state index is 9.90. The fourth-order valence-electron chi connectivity index (χ4n) is 1.93. The van der Waals surface area contributed by atoms with Crippen LogP contribution in [-0.2, 0) is 0 Å². The molecule has 0 radical (unpaired) electrons. The van der Waals surface area contributed by atoms with E-state index in [0.717, 1.165) is 0 Å². The predicted octanol–water partition coefficient (Wildman–Crippen LogP) is 3.07. The number of rotatable bonds is 1. The van der Waals surface area contributed by atoms with E-state index >= 15 is 0 Å². The van der Waals surface area contributed by atoms with Crippen LogP contribution in [0.4, 0.5) is 0 Å². The largest absolute Gasteiger partial charge is 0.507 e. The van der Waals surface area contributed by atoms with Crippen LogP contribution in [0.1, 0.15) is 0 Å². The lowest BCUT2D eigenvalue weighted by atomic mass is 10.2. The number of imidazole rings is 1. The number of halogens is 1. The van der Waals surface area contributed by atoms with Crippen LogP contribution in [0.25, 0.3) is 16.9 Å². The minimum Gasteiger partial charge on any atom is -0.507 e. The number of phenols is 1. The van der Waals surface area contributed by atoms with Crippen LogP contribution in [0.5, 0.6) is 11.6 Å². The summed E-state index contributed by atoms with van der Waals surface area (Å²) in [5.74, 6) is 0.515. The molecule has 0 aliphatic rings. The molecule has 3 aromatic rings. The number of aromatic hydroxyl groups is 2. The molecule has 4 nitrogen and oxygen atoms in total. The Morgan fingerprint density at radius 3 is 2.56 bits per heavy atom. The quantitative estimate of drug-likeness (QED) is 0.707. The molecule has 90 valence electrons. The first-order valence-electron chi connectivity index (χ1n) is 5.33. The standard InChI is InChI=1S/C13H9ClN2O2/c14-12-9-5-3-7-11(18)16(9)13(15-12)8-4-1-2-6-10(8)17/h1-7,17-18H. The van der Waals surface area contributed by atoms with Gasteiger partial charge in [0.05, 0.1) is 11.1 Å². The van der Waals surface area contributed by atoms with E-state index in [1.165, 1.54) is 10.5 Å². The van der Waals surface area contributed by atoms with Gasteiger partial charge in [0.2, 0.25) is 0 Å². The third-order valence-corrected chi connectivity index (χ3v) is 3.02. The molecule has 18 heavy (non-hydrogen) atoms. The highest BCUT2D eigenvalue weighted by Gasteiger charge is 2.15. The van der Waals surface area contributed by atoms with Gasteiger partial charge in [0, 0.05) is 0 Å².